The molecule has 0 aromatic heterocycles. The van der Waals surface area contributed by atoms with Crippen molar-refractivity contribution in [2.45, 2.75) is 52.1 Å². The maximum atomic E-state index is 13.6. The van der Waals surface area contributed by atoms with E-state index in [4.69, 9.17) is 14.2 Å². The maximum absolute atomic E-state index is 13.6. The number of esters is 3. The van der Waals surface area contributed by atoms with E-state index in [9.17, 15) is 37.1 Å². The van der Waals surface area contributed by atoms with Crippen molar-refractivity contribution in [3.63, 3.8) is 0 Å². The molecule has 2 amide bonds. The van der Waals surface area contributed by atoms with E-state index < -0.39 is 41.5 Å². The first-order valence-corrected chi connectivity index (χ1v) is 16.2. The third-order valence-electron chi connectivity index (χ3n) is 8.22. The van der Waals surface area contributed by atoms with Gasteiger partial charge in [0.25, 0.3) is 11.8 Å². The Labute approximate surface area is 298 Å². The van der Waals surface area contributed by atoms with Gasteiger partial charge < -0.3 is 24.4 Å². The quantitative estimate of drug-likeness (QED) is 0.168. The summed E-state index contributed by atoms with van der Waals surface area (Å²) >= 11 is 0. The van der Waals surface area contributed by atoms with E-state index >= 15 is 0 Å². The lowest BCUT2D eigenvalue weighted by Gasteiger charge is -2.20. The van der Waals surface area contributed by atoms with Crippen LogP contribution in [0.5, 0.6) is 5.75 Å². The molecule has 0 unspecified atom stereocenters. The first-order valence-electron chi connectivity index (χ1n) is 16.2. The van der Waals surface area contributed by atoms with Crippen molar-refractivity contribution in [3.05, 3.63) is 99.1 Å². The number of aryl methyl sites for hydroxylation is 2. The Bertz CT molecular complexity index is 1960. The van der Waals surface area contributed by atoms with Gasteiger partial charge in [-0.05, 0) is 87.1 Å². The van der Waals surface area contributed by atoms with Gasteiger partial charge >= 0.3 is 24.1 Å². The zero-order valence-corrected chi connectivity index (χ0v) is 29.5. The van der Waals surface area contributed by atoms with Gasteiger partial charge in [0.1, 0.15) is 11.3 Å². The molecular formula is C38H38F3N3O8. The van der Waals surface area contributed by atoms with Crippen molar-refractivity contribution in [3.8, 4) is 5.75 Å². The number of halogens is 3. The number of benzene rings is 3. The number of anilines is 1. The molecule has 274 valence electrons. The number of hydrogen-bond acceptors (Lipinski definition) is 9. The second-order valence-electron chi connectivity index (χ2n) is 12.3. The van der Waals surface area contributed by atoms with Crippen LogP contribution in [0, 0.1) is 6.92 Å². The van der Waals surface area contributed by atoms with Gasteiger partial charge in [-0.3, -0.25) is 19.4 Å². The van der Waals surface area contributed by atoms with Gasteiger partial charge in [0.2, 0.25) is 0 Å². The van der Waals surface area contributed by atoms with Crippen molar-refractivity contribution in [1.82, 2.24) is 4.90 Å². The molecule has 1 N–H and O–H groups in total. The van der Waals surface area contributed by atoms with Gasteiger partial charge in [-0.25, -0.2) is 9.59 Å². The first kappa shape index (κ1) is 39.0. The Hall–Kier alpha value is -5.79. The smallest absolute Gasteiger partial charge is 0.416 e. The molecule has 1 heterocycles. The molecule has 0 saturated heterocycles. The summed E-state index contributed by atoms with van der Waals surface area (Å²) in [7, 11) is 5.47. The van der Waals surface area contributed by atoms with Crippen LogP contribution in [0.4, 0.5) is 18.9 Å². The summed E-state index contributed by atoms with van der Waals surface area (Å²) in [6.45, 7) is 3.34. The number of rotatable bonds is 11. The highest BCUT2D eigenvalue weighted by Crippen LogP contribution is 2.34. The predicted octanol–water partition coefficient (Wildman–Crippen LogP) is 6.82. The summed E-state index contributed by atoms with van der Waals surface area (Å²) in [6.07, 6.45) is -3.17. The van der Waals surface area contributed by atoms with Gasteiger partial charge in [-0.1, -0.05) is 18.2 Å². The Morgan fingerprint density at radius 2 is 1.54 bits per heavy atom. The van der Waals surface area contributed by atoms with E-state index in [1.807, 2.05) is 0 Å². The molecule has 3 aromatic rings. The SMILES string of the molecule is COC(=O)c1cc(C)c(OC(=O)CCCc2ccc(NC(=O)C3=C(c4ccc(C(F)(F)F)cc4)N=C(C)CC3)c(C(=O)N(C)C)c2)c(C(=O)OC)c1. The summed E-state index contributed by atoms with van der Waals surface area (Å²) in [6, 6.07) is 12.0. The zero-order chi connectivity index (χ0) is 38.3. The lowest BCUT2D eigenvalue weighted by Crippen LogP contribution is -2.25. The standard InChI is InChI=1S/C38H38F3N3O8/c1-21-18-25(36(48)50-5)20-29(37(49)51-6)33(21)52-31(45)9-7-8-23-11-17-30(28(19-23)35(47)44(3)4)43-34(46)27-16-10-22(2)42-32(27)24-12-14-26(15-13-24)38(39,40)41/h11-15,17-20H,7-10,16H2,1-6H3,(H,43,46). The molecule has 0 aliphatic carbocycles. The number of amides is 2. The largest absolute Gasteiger partial charge is 0.465 e. The number of nitrogens with one attached hydrogen (secondary N) is 1. The summed E-state index contributed by atoms with van der Waals surface area (Å²) < 4.78 is 54.5. The van der Waals surface area contributed by atoms with Crippen molar-refractivity contribution < 1.29 is 51.4 Å². The van der Waals surface area contributed by atoms with Gasteiger partial charge in [0, 0.05) is 37.4 Å². The summed E-state index contributed by atoms with van der Waals surface area (Å²) in [4.78, 5) is 70.0. The van der Waals surface area contributed by atoms with Crippen molar-refractivity contribution >= 4 is 46.8 Å². The fourth-order valence-corrected chi connectivity index (χ4v) is 5.50. The highest BCUT2D eigenvalue weighted by Gasteiger charge is 2.31. The lowest BCUT2D eigenvalue weighted by molar-refractivity contribution is -0.137. The van der Waals surface area contributed by atoms with Crippen LogP contribution in [0.15, 0.2) is 65.2 Å². The Kier molecular flexibility index (Phi) is 12.4. The number of ether oxygens (including phenoxy) is 3. The van der Waals surface area contributed by atoms with Gasteiger partial charge in [0.05, 0.1) is 42.3 Å². The van der Waals surface area contributed by atoms with Gasteiger partial charge in [-0.2, -0.15) is 13.2 Å². The van der Waals surface area contributed by atoms with Crippen molar-refractivity contribution in [1.29, 1.82) is 0 Å². The highest BCUT2D eigenvalue weighted by molar-refractivity contribution is 6.13. The molecular weight excluding hydrogens is 683 g/mol. The summed E-state index contributed by atoms with van der Waals surface area (Å²) in [5.74, 6) is -3.11. The average molecular weight is 722 g/mol. The van der Waals surface area contributed by atoms with Crippen molar-refractivity contribution in [2.24, 2.45) is 4.99 Å². The molecule has 11 nitrogen and oxygen atoms in total. The number of carbonyl (C=O) groups is 5. The van der Waals surface area contributed by atoms with Gasteiger partial charge in [0.15, 0.2) is 0 Å². The fourth-order valence-electron chi connectivity index (χ4n) is 5.50. The van der Waals surface area contributed by atoms with Crippen LogP contribution in [0.1, 0.15) is 85.9 Å². The third-order valence-corrected chi connectivity index (χ3v) is 8.22. The summed E-state index contributed by atoms with van der Waals surface area (Å²) in [5.41, 5.74) is 2.19. The van der Waals surface area contributed by atoms with Crippen LogP contribution in [-0.4, -0.2) is 68.6 Å². The Morgan fingerprint density at radius 1 is 0.865 bits per heavy atom. The summed E-state index contributed by atoms with van der Waals surface area (Å²) in [5, 5.41) is 2.80. The van der Waals surface area contributed by atoms with E-state index in [2.05, 4.69) is 10.3 Å². The molecule has 1 aliphatic rings. The van der Waals surface area contributed by atoms with Crippen LogP contribution in [0.3, 0.4) is 0 Å². The average Bonchev–Trinajstić information content (AvgIpc) is 3.11. The number of aliphatic imine (C=N–C) groups is 1. The lowest BCUT2D eigenvalue weighted by atomic mass is 9.96. The van der Waals surface area contributed by atoms with E-state index in [1.165, 1.54) is 36.3 Å². The number of hydrogen-bond donors (Lipinski definition) is 1. The minimum absolute atomic E-state index is 0.0427. The molecule has 0 fully saturated rings. The molecule has 4 rings (SSSR count). The molecule has 0 radical (unpaired) electrons. The Balaban J connectivity index is 1.52. The highest BCUT2D eigenvalue weighted by atomic mass is 19.4. The van der Waals surface area contributed by atoms with Gasteiger partial charge in [-0.15, -0.1) is 0 Å². The van der Waals surface area contributed by atoms with Crippen molar-refractivity contribution in [2.75, 3.05) is 33.6 Å². The Morgan fingerprint density at radius 3 is 2.15 bits per heavy atom. The van der Waals surface area contributed by atoms with Crippen LogP contribution >= 0.6 is 0 Å². The monoisotopic (exact) mass is 721 g/mol. The number of nitrogens with zero attached hydrogens (tertiary/aromatic N) is 2. The van der Waals surface area contributed by atoms with E-state index in [1.54, 1.807) is 46.1 Å². The zero-order valence-electron chi connectivity index (χ0n) is 29.5. The molecule has 0 bridgehead atoms. The minimum Gasteiger partial charge on any atom is -0.465 e. The predicted molar refractivity (Wildman–Crippen MR) is 186 cm³/mol. The van der Waals surface area contributed by atoms with Crippen LogP contribution < -0.4 is 10.1 Å². The first-order chi connectivity index (χ1) is 24.5. The fraction of sp³-hybridized carbons (Fsp3) is 0.316. The molecule has 52 heavy (non-hydrogen) atoms. The molecule has 3 aromatic carbocycles. The van der Waals surface area contributed by atoms with E-state index in [0.717, 1.165) is 25.0 Å². The molecule has 0 spiro atoms. The number of carbonyl (C=O) groups excluding carboxylic acids is 5. The minimum atomic E-state index is -4.51. The number of alkyl halides is 3. The second kappa shape index (κ2) is 16.5. The normalized spacial score (nSPS) is 12.8. The number of methoxy groups -OCH3 is 2. The maximum Gasteiger partial charge on any atom is 0.416 e. The second-order valence-corrected chi connectivity index (χ2v) is 12.3. The topological polar surface area (TPSA) is 141 Å². The molecule has 0 saturated carbocycles. The molecule has 1 aliphatic heterocycles. The molecule has 0 atom stereocenters. The third kappa shape index (κ3) is 9.30. The van der Waals surface area contributed by atoms with Crippen LogP contribution in [0.2, 0.25) is 0 Å². The van der Waals surface area contributed by atoms with Crippen LogP contribution in [-0.2, 0) is 31.7 Å². The van der Waals surface area contributed by atoms with E-state index in [-0.39, 0.29) is 45.8 Å². The molecule has 14 heteroatoms. The van der Waals surface area contributed by atoms with Crippen LogP contribution in [0.25, 0.3) is 5.70 Å². The van der Waals surface area contributed by atoms with E-state index in [0.29, 0.717) is 42.4 Å².